The lowest BCUT2D eigenvalue weighted by molar-refractivity contribution is -0.143. The summed E-state index contributed by atoms with van der Waals surface area (Å²) in [5.41, 5.74) is 0. The van der Waals surface area contributed by atoms with Crippen LogP contribution < -0.4 is 5.32 Å². The highest BCUT2D eigenvalue weighted by molar-refractivity contribution is 5.76. The molecule has 0 spiro atoms. The van der Waals surface area contributed by atoms with Crippen LogP contribution in [0.3, 0.4) is 0 Å². The molecule has 0 aliphatic carbocycles. The predicted molar refractivity (Wildman–Crippen MR) is 347 cm³/mol. The monoisotopic (exact) mass is 1110 g/mol. The fourth-order valence-electron chi connectivity index (χ4n) is 11.2. The molecule has 466 valence electrons. The van der Waals surface area contributed by atoms with E-state index in [1.165, 1.54) is 321 Å². The van der Waals surface area contributed by atoms with Crippen molar-refractivity contribution in [3.8, 4) is 0 Å². The van der Waals surface area contributed by atoms with Gasteiger partial charge < -0.3 is 20.3 Å². The second-order valence-corrected chi connectivity index (χ2v) is 24.6. The standard InChI is InChI=1S/C73H139NO5/c1-3-5-7-9-11-13-15-17-19-33-37-41-45-49-53-57-61-65-71(76)70(69-75)74-72(77)66-62-58-54-50-46-42-38-35-31-29-27-25-23-21-22-24-26-28-30-32-36-40-44-48-52-56-60-64-68-79-73(78)67-63-59-55-51-47-43-39-34-20-18-16-14-12-10-8-6-4-2/h18,20-22,61,65,70-71,75-76H,3-17,19,23-60,62-64,66-69H2,1-2H3,(H,74,77)/b20-18-,22-21-,65-61+. The number of amides is 1. The lowest BCUT2D eigenvalue weighted by Gasteiger charge is -2.20. The molecule has 6 heteroatoms. The van der Waals surface area contributed by atoms with Gasteiger partial charge in [0.2, 0.25) is 5.91 Å². The van der Waals surface area contributed by atoms with Crippen molar-refractivity contribution in [2.45, 2.75) is 405 Å². The summed E-state index contributed by atoms with van der Waals surface area (Å²) >= 11 is 0. The Balaban J connectivity index is 3.39. The van der Waals surface area contributed by atoms with E-state index in [9.17, 15) is 19.8 Å². The van der Waals surface area contributed by atoms with Crippen LogP contribution in [0.4, 0.5) is 0 Å². The number of aliphatic hydroxyl groups excluding tert-OH is 2. The molecule has 0 aromatic carbocycles. The second kappa shape index (κ2) is 68.6. The number of allylic oxidation sites excluding steroid dienone is 5. The average Bonchev–Trinajstić information content (AvgIpc) is 3.45. The maximum absolute atomic E-state index is 12.5. The van der Waals surface area contributed by atoms with Gasteiger partial charge >= 0.3 is 5.97 Å². The number of ether oxygens (including phenoxy) is 1. The number of hydrogen-bond acceptors (Lipinski definition) is 5. The number of carbonyl (C=O) groups is 2. The van der Waals surface area contributed by atoms with Gasteiger partial charge in [-0.15, -0.1) is 0 Å². The van der Waals surface area contributed by atoms with Crippen LogP contribution >= 0.6 is 0 Å². The molecule has 1 amide bonds. The smallest absolute Gasteiger partial charge is 0.305 e. The molecule has 0 radical (unpaired) electrons. The molecule has 3 N–H and O–H groups in total. The molecule has 0 saturated carbocycles. The normalized spacial score (nSPS) is 12.7. The van der Waals surface area contributed by atoms with Gasteiger partial charge in [0.15, 0.2) is 0 Å². The summed E-state index contributed by atoms with van der Waals surface area (Å²) in [5, 5.41) is 23.2. The highest BCUT2D eigenvalue weighted by Gasteiger charge is 2.18. The second-order valence-electron chi connectivity index (χ2n) is 24.6. The first kappa shape index (κ1) is 77.1. The van der Waals surface area contributed by atoms with E-state index in [1.807, 2.05) is 6.08 Å². The Bertz CT molecular complexity index is 1280. The lowest BCUT2D eigenvalue weighted by Crippen LogP contribution is -2.45. The van der Waals surface area contributed by atoms with Gasteiger partial charge in [-0.3, -0.25) is 9.59 Å². The van der Waals surface area contributed by atoms with Gasteiger partial charge in [0, 0.05) is 12.8 Å². The number of nitrogens with one attached hydrogen (secondary N) is 1. The molecule has 2 atom stereocenters. The predicted octanol–water partition coefficient (Wildman–Crippen LogP) is 23.1. The molecule has 0 aromatic heterocycles. The molecule has 0 heterocycles. The van der Waals surface area contributed by atoms with Crippen molar-refractivity contribution >= 4 is 11.9 Å². The minimum atomic E-state index is -0.845. The average molecular weight is 1110 g/mol. The van der Waals surface area contributed by atoms with Crippen LogP contribution in [0.2, 0.25) is 0 Å². The molecule has 0 aromatic rings. The molecule has 0 aliphatic rings. The highest BCUT2D eigenvalue weighted by Crippen LogP contribution is 2.18. The summed E-state index contributed by atoms with van der Waals surface area (Å²) in [7, 11) is 0. The fraction of sp³-hybridized carbons (Fsp3) is 0.890. The summed E-state index contributed by atoms with van der Waals surface area (Å²) < 4.78 is 5.50. The zero-order valence-corrected chi connectivity index (χ0v) is 53.4. The third-order valence-corrected chi connectivity index (χ3v) is 16.6. The molecule has 0 saturated heterocycles. The minimum absolute atomic E-state index is 0.0126. The number of aliphatic hydroxyl groups is 2. The van der Waals surface area contributed by atoms with Crippen LogP contribution in [0, 0.1) is 0 Å². The maximum Gasteiger partial charge on any atom is 0.305 e. The van der Waals surface area contributed by atoms with E-state index >= 15 is 0 Å². The van der Waals surface area contributed by atoms with Gasteiger partial charge in [-0.1, -0.05) is 333 Å². The highest BCUT2D eigenvalue weighted by atomic mass is 16.5. The minimum Gasteiger partial charge on any atom is -0.466 e. The Morgan fingerprint density at radius 1 is 0.342 bits per heavy atom. The Labute approximate surface area is 494 Å². The quantitative estimate of drug-likeness (QED) is 0.0320. The number of rotatable bonds is 67. The molecule has 0 fully saturated rings. The summed E-state index contributed by atoms with van der Waals surface area (Å²) in [6.07, 6.45) is 88.0. The van der Waals surface area contributed by atoms with Crippen LogP contribution in [0.25, 0.3) is 0 Å². The molecule has 0 rings (SSSR count). The molecular formula is C73H139NO5. The van der Waals surface area contributed by atoms with E-state index in [1.54, 1.807) is 6.08 Å². The third kappa shape index (κ3) is 65.1. The molecule has 0 bridgehead atoms. The Kier molecular flexibility index (Phi) is 66.9. The van der Waals surface area contributed by atoms with Crippen LogP contribution in [0.5, 0.6) is 0 Å². The van der Waals surface area contributed by atoms with Crippen molar-refractivity contribution in [2.24, 2.45) is 0 Å². The zero-order valence-electron chi connectivity index (χ0n) is 53.4. The summed E-state index contributed by atoms with van der Waals surface area (Å²) in [6.45, 7) is 4.93. The van der Waals surface area contributed by atoms with Crippen molar-refractivity contribution in [3.63, 3.8) is 0 Å². The van der Waals surface area contributed by atoms with Gasteiger partial charge in [0.1, 0.15) is 0 Å². The molecule has 6 nitrogen and oxygen atoms in total. The Morgan fingerprint density at radius 2 is 0.595 bits per heavy atom. The lowest BCUT2D eigenvalue weighted by atomic mass is 10.0. The van der Waals surface area contributed by atoms with Crippen LogP contribution in [-0.4, -0.2) is 47.4 Å². The van der Waals surface area contributed by atoms with Crippen molar-refractivity contribution in [2.75, 3.05) is 13.2 Å². The molecule has 2 unspecified atom stereocenters. The van der Waals surface area contributed by atoms with E-state index in [-0.39, 0.29) is 18.5 Å². The van der Waals surface area contributed by atoms with E-state index < -0.39 is 12.1 Å². The van der Waals surface area contributed by atoms with E-state index in [0.717, 1.165) is 44.9 Å². The van der Waals surface area contributed by atoms with Crippen molar-refractivity contribution in [1.29, 1.82) is 0 Å². The summed E-state index contributed by atoms with van der Waals surface area (Å²) in [6, 6.07) is -0.628. The van der Waals surface area contributed by atoms with E-state index in [2.05, 4.69) is 43.5 Å². The largest absolute Gasteiger partial charge is 0.466 e. The van der Waals surface area contributed by atoms with Gasteiger partial charge in [-0.05, 0) is 83.5 Å². The first-order chi connectivity index (χ1) is 39.0. The van der Waals surface area contributed by atoms with Crippen LogP contribution in [0.1, 0.15) is 393 Å². The topological polar surface area (TPSA) is 95.9 Å². The number of unbranched alkanes of at least 4 members (excludes halogenated alkanes) is 52. The molecule has 79 heavy (non-hydrogen) atoms. The zero-order chi connectivity index (χ0) is 57.1. The third-order valence-electron chi connectivity index (χ3n) is 16.6. The fourth-order valence-corrected chi connectivity index (χ4v) is 11.2. The van der Waals surface area contributed by atoms with E-state index in [0.29, 0.717) is 19.4 Å². The Hall–Kier alpha value is -1.92. The van der Waals surface area contributed by atoms with Gasteiger partial charge in [-0.25, -0.2) is 0 Å². The van der Waals surface area contributed by atoms with Crippen LogP contribution in [-0.2, 0) is 14.3 Å². The Morgan fingerprint density at radius 3 is 0.899 bits per heavy atom. The van der Waals surface area contributed by atoms with E-state index in [4.69, 9.17) is 4.74 Å². The molecule has 0 aliphatic heterocycles. The first-order valence-corrected chi connectivity index (χ1v) is 35.8. The number of esters is 1. The summed E-state index contributed by atoms with van der Waals surface area (Å²) in [5.74, 6) is -0.0526. The van der Waals surface area contributed by atoms with Gasteiger partial charge in [0.25, 0.3) is 0 Å². The summed E-state index contributed by atoms with van der Waals surface area (Å²) in [4.78, 5) is 24.6. The SMILES string of the molecule is CCCCCCCC/C=C\CCCCCCCCCC(=O)OCCCCCCCCCCCCCC/C=C\CCCCCCCCCCCCCCC(=O)NC(CO)C(O)/C=C/CCCCCCCCCCCCCCCCC. The maximum atomic E-state index is 12.5. The first-order valence-electron chi connectivity index (χ1n) is 35.8. The van der Waals surface area contributed by atoms with Gasteiger partial charge in [-0.2, -0.15) is 0 Å². The van der Waals surface area contributed by atoms with Crippen molar-refractivity contribution < 1.29 is 24.5 Å². The van der Waals surface area contributed by atoms with Crippen molar-refractivity contribution in [1.82, 2.24) is 5.32 Å². The molecular weight excluding hydrogens is 971 g/mol. The van der Waals surface area contributed by atoms with Crippen molar-refractivity contribution in [3.05, 3.63) is 36.5 Å². The number of carbonyl (C=O) groups excluding carboxylic acids is 2. The van der Waals surface area contributed by atoms with Crippen LogP contribution in [0.15, 0.2) is 36.5 Å². The van der Waals surface area contributed by atoms with Gasteiger partial charge in [0.05, 0.1) is 25.4 Å². The number of hydrogen-bond donors (Lipinski definition) is 3.